The van der Waals surface area contributed by atoms with Crippen molar-refractivity contribution in [2.75, 3.05) is 19.8 Å². The Balaban J connectivity index is 1.88. The molecule has 0 saturated carbocycles. The number of para-hydroxylation sites is 1. The van der Waals surface area contributed by atoms with Crippen molar-refractivity contribution in [2.24, 2.45) is 4.99 Å². The normalized spacial score (nSPS) is 15.2. The molecular weight excluding hydrogens is 476 g/mol. The number of hydrogen-bond donors (Lipinski definition) is 0. The highest BCUT2D eigenvalue weighted by Gasteiger charge is 2.35. The molecule has 2 aromatic carbocycles. The largest absolute Gasteiger partial charge is 0.494 e. The van der Waals surface area contributed by atoms with Crippen LogP contribution in [0.2, 0.25) is 0 Å². The third-order valence-electron chi connectivity index (χ3n) is 5.58. The van der Waals surface area contributed by atoms with E-state index >= 15 is 0 Å². The fourth-order valence-electron chi connectivity index (χ4n) is 4.05. The summed E-state index contributed by atoms with van der Waals surface area (Å²) in [5.41, 5.74) is 2.15. The predicted octanol–water partition coefficient (Wildman–Crippen LogP) is 3.76. The SMILES string of the molecule is C=CCOc1ccc(/C=c2\sc3n(c2=O)[C@H](c2ccccc2OCC)C(C(=O)OCC)=C(C)N=3)cc1. The van der Waals surface area contributed by atoms with Crippen molar-refractivity contribution in [3.63, 3.8) is 0 Å². The topological polar surface area (TPSA) is 79.1 Å². The number of ether oxygens (including phenoxy) is 3. The van der Waals surface area contributed by atoms with Crippen molar-refractivity contribution < 1.29 is 19.0 Å². The number of esters is 1. The molecule has 0 radical (unpaired) electrons. The average Bonchev–Trinajstić information content (AvgIpc) is 3.17. The van der Waals surface area contributed by atoms with Gasteiger partial charge in [-0.15, -0.1) is 0 Å². The highest BCUT2D eigenvalue weighted by atomic mass is 32.1. The number of aromatic nitrogens is 1. The second-order valence-electron chi connectivity index (χ2n) is 7.94. The summed E-state index contributed by atoms with van der Waals surface area (Å²) < 4.78 is 18.8. The minimum Gasteiger partial charge on any atom is -0.494 e. The first-order valence-corrected chi connectivity index (χ1v) is 12.5. The van der Waals surface area contributed by atoms with Crippen LogP contribution in [0.5, 0.6) is 11.5 Å². The summed E-state index contributed by atoms with van der Waals surface area (Å²) in [4.78, 5) is 31.9. The molecule has 7 nitrogen and oxygen atoms in total. The Morgan fingerprint density at radius 2 is 1.86 bits per heavy atom. The average molecular weight is 505 g/mol. The van der Waals surface area contributed by atoms with Crippen LogP contribution in [0.4, 0.5) is 0 Å². The number of benzene rings is 2. The molecule has 0 bridgehead atoms. The van der Waals surface area contributed by atoms with Crippen LogP contribution in [-0.2, 0) is 9.53 Å². The Hall–Kier alpha value is -3.91. The zero-order valence-electron chi connectivity index (χ0n) is 20.5. The summed E-state index contributed by atoms with van der Waals surface area (Å²) in [5.74, 6) is 0.821. The highest BCUT2D eigenvalue weighted by molar-refractivity contribution is 7.07. The molecule has 186 valence electrons. The second kappa shape index (κ2) is 11.2. The van der Waals surface area contributed by atoms with E-state index < -0.39 is 12.0 Å². The van der Waals surface area contributed by atoms with Gasteiger partial charge in [0, 0.05) is 5.56 Å². The maximum atomic E-state index is 13.7. The lowest BCUT2D eigenvalue weighted by atomic mass is 9.95. The molecule has 0 amide bonds. The first kappa shape index (κ1) is 25.2. The number of carbonyl (C=O) groups is 1. The molecule has 36 heavy (non-hydrogen) atoms. The van der Waals surface area contributed by atoms with Crippen LogP contribution < -0.4 is 24.4 Å². The van der Waals surface area contributed by atoms with Crippen LogP contribution in [0.1, 0.15) is 37.9 Å². The molecule has 4 rings (SSSR count). The number of allylic oxidation sites excluding steroid dienone is 1. The van der Waals surface area contributed by atoms with E-state index in [2.05, 4.69) is 11.6 Å². The van der Waals surface area contributed by atoms with Gasteiger partial charge in [-0.3, -0.25) is 9.36 Å². The van der Waals surface area contributed by atoms with Crippen molar-refractivity contribution in [1.29, 1.82) is 0 Å². The Morgan fingerprint density at radius 3 is 2.56 bits per heavy atom. The number of rotatable bonds is 9. The molecular formula is C28H28N2O5S. The van der Waals surface area contributed by atoms with E-state index in [0.717, 1.165) is 11.3 Å². The Kier molecular flexibility index (Phi) is 7.85. The molecule has 8 heteroatoms. The van der Waals surface area contributed by atoms with Crippen LogP contribution in [0.25, 0.3) is 6.08 Å². The Bertz CT molecular complexity index is 1480. The maximum absolute atomic E-state index is 13.7. The van der Waals surface area contributed by atoms with E-state index in [1.165, 1.54) is 11.3 Å². The fraction of sp³-hybridized carbons (Fsp3) is 0.250. The second-order valence-corrected chi connectivity index (χ2v) is 8.95. The van der Waals surface area contributed by atoms with Crippen LogP contribution in [-0.4, -0.2) is 30.4 Å². The smallest absolute Gasteiger partial charge is 0.338 e. The molecule has 0 fully saturated rings. The Morgan fingerprint density at radius 1 is 1.11 bits per heavy atom. The summed E-state index contributed by atoms with van der Waals surface area (Å²) in [6.07, 6.45) is 3.50. The molecule has 1 aliphatic rings. The third kappa shape index (κ3) is 5.04. The fourth-order valence-corrected chi connectivity index (χ4v) is 5.09. The van der Waals surface area contributed by atoms with E-state index in [1.807, 2.05) is 61.5 Å². The molecule has 0 aliphatic carbocycles. The molecule has 0 spiro atoms. The molecule has 1 atom stereocenters. The van der Waals surface area contributed by atoms with Gasteiger partial charge in [0.25, 0.3) is 5.56 Å². The third-order valence-corrected chi connectivity index (χ3v) is 6.56. The van der Waals surface area contributed by atoms with Crippen LogP contribution in [0.15, 0.2) is 82.2 Å². The molecule has 1 aliphatic heterocycles. The van der Waals surface area contributed by atoms with E-state index in [0.29, 0.717) is 45.1 Å². The molecule has 0 saturated heterocycles. The van der Waals surface area contributed by atoms with Gasteiger partial charge in [0.15, 0.2) is 4.80 Å². The van der Waals surface area contributed by atoms with Crippen molar-refractivity contribution in [3.8, 4) is 11.5 Å². The van der Waals surface area contributed by atoms with Crippen molar-refractivity contribution >= 4 is 23.4 Å². The van der Waals surface area contributed by atoms with E-state index in [-0.39, 0.29) is 12.2 Å². The summed E-state index contributed by atoms with van der Waals surface area (Å²) >= 11 is 1.28. The minimum absolute atomic E-state index is 0.215. The van der Waals surface area contributed by atoms with E-state index in [1.54, 1.807) is 24.5 Å². The van der Waals surface area contributed by atoms with Crippen molar-refractivity contribution in [1.82, 2.24) is 4.57 Å². The van der Waals surface area contributed by atoms with Crippen molar-refractivity contribution in [3.05, 3.63) is 103 Å². The lowest BCUT2D eigenvalue weighted by Gasteiger charge is -2.26. The number of fused-ring (bicyclic) bond motifs is 1. The number of carbonyl (C=O) groups excluding carboxylic acids is 1. The van der Waals surface area contributed by atoms with E-state index in [4.69, 9.17) is 14.2 Å². The minimum atomic E-state index is -0.722. The molecule has 1 aromatic heterocycles. The van der Waals surface area contributed by atoms with Gasteiger partial charge in [0.1, 0.15) is 24.1 Å². The van der Waals surface area contributed by atoms with Gasteiger partial charge in [-0.05, 0) is 50.6 Å². The van der Waals surface area contributed by atoms with Gasteiger partial charge in [-0.1, -0.05) is 54.3 Å². The van der Waals surface area contributed by atoms with Crippen LogP contribution in [0, 0.1) is 0 Å². The number of nitrogens with zero attached hydrogens (tertiary/aromatic N) is 2. The van der Waals surface area contributed by atoms with Gasteiger partial charge in [0.2, 0.25) is 0 Å². The lowest BCUT2D eigenvalue weighted by Crippen LogP contribution is -2.40. The number of hydrogen-bond acceptors (Lipinski definition) is 7. The summed E-state index contributed by atoms with van der Waals surface area (Å²) in [6, 6.07) is 14.2. The molecule has 0 N–H and O–H groups in total. The molecule has 3 aromatic rings. The predicted molar refractivity (Wildman–Crippen MR) is 140 cm³/mol. The monoisotopic (exact) mass is 504 g/mol. The van der Waals surface area contributed by atoms with Gasteiger partial charge in [-0.2, -0.15) is 0 Å². The highest BCUT2D eigenvalue weighted by Crippen LogP contribution is 2.35. The summed E-state index contributed by atoms with van der Waals surface area (Å²) in [5, 5.41) is 0. The summed E-state index contributed by atoms with van der Waals surface area (Å²) in [6.45, 7) is 10.1. The molecule has 0 unspecified atom stereocenters. The summed E-state index contributed by atoms with van der Waals surface area (Å²) in [7, 11) is 0. The van der Waals surface area contributed by atoms with Crippen molar-refractivity contribution in [2.45, 2.75) is 26.8 Å². The van der Waals surface area contributed by atoms with Gasteiger partial charge in [-0.25, -0.2) is 9.79 Å². The van der Waals surface area contributed by atoms with Gasteiger partial charge in [0.05, 0.1) is 29.0 Å². The van der Waals surface area contributed by atoms with Crippen LogP contribution in [0.3, 0.4) is 0 Å². The molecule has 2 heterocycles. The first-order valence-electron chi connectivity index (χ1n) is 11.7. The zero-order valence-corrected chi connectivity index (χ0v) is 21.3. The van der Waals surface area contributed by atoms with Gasteiger partial charge < -0.3 is 14.2 Å². The van der Waals surface area contributed by atoms with E-state index in [9.17, 15) is 9.59 Å². The maximum Gasteiger partial charge on any atom is 0.338 e. The van der Waals surface area contributed by atoms with Gasteiger partial charge >= 0.3 is 5.97 Å². The zero-order chi connectivity index (χ0) is 25.7. The number of thiazole rings is 1. The first-order chi connectivity index (χ1) is 17.5. The Labute approximate surface area is 213 Å². The quantitative estimate of drug-likeness (QED) is 0.328. The standard InChI is InChI=1S/C28H28N2O5S/c1-5-16-35-20-14-12-19(13-15-20)17-23-26(31)30-25(21-10-8-9-11-22(21)33-6-2)24(27(32)34-7-3)18(4)29-28(30)36-23/h5,8-15,17,25H,1,6-7,16H2,2-4H3/b23-17-/t25-/m1/s1. The van der Waals surface area contributed by atoms with Crippen LogP contribution >= 0.6 is 11.3 Å². The lowest BCUT2D eigenvalue weighted by molar-refractivity contribution is -0.139.